The van der Waals surface area contributed by atoms with Crippen LogP contribution >= 0.6 is 0 Å². The predicted octanol–water partition coefficient (Wildman–Crippen LogP) is 2.12. The monoisotopic (exact) mass is 300 g/mol. The topological polar surface area (TPSA) is 72.6 Å². The highest BCUT2D eigenvalue weighted by Crippen LogP contribution is 2.31. The first-order chi connectivity index (χ1) is 10.6. The summed E-state index contributed by atoms with van der Waals surface area (Å²) in [7, 11) is 0. The first-order valence-corrected chi connectivity index (χ1v) is 7.06. The van der Waals surface area contributed by atoms with Gasteiger partial charge in [-0.25, -0.2) is 4.79 Å². The Labute approximate surface area is 127 Å². The summed E-state index contributed by atoms with van der Waals surface area (Å²) in [6.45, 7) is 3.35. The van der Waals surface area contributed by atoms with E-state index in [1.807, 2.05) is 31.2 Å². The molecular formula is C16H16N2O4. The third-order valence-corrected chi connectivity index (χ3v) is 3.63. The largest absolute Gasteiger partial charge is 0.450 e. The van der Waals surface area contributed by atoms with Crippen molar-refractivity contribution in [2.45, 2.75) is 26.3 Å². The molecule has 1 atom stereocenters. The summed E-state index contributed by atoms with van der Waals surface area (Å²) >= 11 is 0. The SMILES string of the molecule is Cc1cc(C(=O)OCC(=O)N2c3ccccc3C[C@@H]2C)on1. The molecule has 0 unspecified atom stereocenters. The van der Waals surface area contributed by atoms with Crippen molar-refractivity contribution in [3.05, 3.63) is 47.3 Å². The standard InChI is InChI=1S/C16H16N2O4/c1-10-7-14(22-17-10)16(20)21-9-15(19)18-11(2)8-12-5-3-4-6-13(12)18/h3-7,11H,8-9H2,1-2H3/t11-/m0/s1. The first kappa shape index (κ1) is 14.3. The fourth-order valence-electron chi connectivity index (χ4n) is 2.67. The van der Waals surface area contributed by atoms with Crippen LogP contribution in [-0.4, -0.2) is 29.7 Å². The molecule has 0 spiro atoms. The number of amides is 1. The summed E-state index contributed by atoms with van der Waals surface area (Å²) in [6.07, 6.45) is 0.803. The second-order valence-corrected chi connectivity index (χ2v) is 5.35. The number of hydrogen-bond donors (Lipinski definition) is 0. The van der Waals surface area contributed by atoms with Crippen LogP contribution in [0.5, 0.6) is 0 Å². The van der Waals surface area contributed by atoms with E-state index in [1.54, 1.807) is 11.8 Å². The lowest BCUT2D eigenvalue weighted by Gasteiger charge is -2.22. The molecule has 2 heterocycles. The van der Waals surface area contributed by atoms with Crippen molar-refractivity contribution in [3.8, 4) is 0 Å². The minimum absolute atomic E-state index is 0.000158. The lowest BCUT2D eigenvalue weighted by Crippen LogP contribution is -2.38. The Balaban J connectivity index is 1.66. The van der Waals surface area contributed by atoms with Gasteiger partial charge in [-0.15, -0.1) is 0 Å². The van der Waals surface area contributed by atoms with Crippen molar-refractivity contribution in [1.82, 2.24) is 5.16 Å². The fourth-order valence-corrected chi connectivity index (χ4v) is 2.67. The number of rotatable bonds is 3. The van der Waals surface area contributed by atoms with Crippen molar-refractivity contribution in [2.24, 2.45) is 0 Å². The van der Waals surface area contributed by atoms with Crippen molar-refractivity contribution in [1.29, 1.82) is 0 Å². The molecule has 1 amide bonds. The molecule has 114 valence electrons. The number of carbonyl (C=O) groups is 2. The molecule has 0 N–H and O–H groups in total. The maximum absolute atomic E-state index is 12.4. The van der Waals surface area contributed by atoms with E-state index in [0.29, 0.717) is 5.69 Å². The van der Waals surface area contributed by atoms with Gasteiger partial charge in [0.1, 0.15) is 0 Å². The van der Waals surface area contributed by atoms with Crippen molar-refractivity contribution in [3.63, 3.8) is 0 Å². The van der Waals surface area contributed by atoms with Gasteiger partial charge in [0.05, 0.1) is 5.69 Å². The fraction of sp³-hybridized carbons (Fsp3) is 0.312. The highest BCUT2D eigenvalue weighted by atomic mass is 16.6. The highest BCUT2D eigenvalue weighted by molar-refractivity contribution is 5.98. The zero-order chi connectivity index (χ0) is 15.7. The summed E-state index contributed by atoms with van der Waals surface area (Å²) < 4.78 is 9.83. The van der Waals surface area contributed by atoms with Crippen LogP contribution in [0.15, 0.2) is 34.9 Å². The summed E-state index contributed by atoms with van der Waals surface area (Å²) in [5, 5.41) is 3.61. The van der Waals surface area contributed by atoms with Crippen LogP contribution in [0.1, 0.15) is 28.7 Å². The maximum Gasteiger partial charge on any atom is 0.377 e. The molecule has 6 heteroatoms. The van der Waals surface area contributed by atoms with Gasteiger partial charge in [-0.2, -0.15) is 0 Å². The van der Waals surface area contributed by atoms with Crippen molar-refractivity contribution >= 4 is 17.6 Å². The molecule has 0 radical (unpaired) electrons. The van der Waals surface area contributed by atoms with E-state index in [-0.39, 0.29) is 24.3 Å². The molecule has 0 saturated heterocycles. The normalized spacial score (nSPS) is 16.5. The summed E-state index contributed by atoms with van der Waals surface area (Å²) in [5.74, 6) is -0.934. The lowest BCUT2D eigenvalue weighted by atomic mass is 10.1. The van der Waals surface area contributed by atoms with Crippen LogP contribution in [0.25, 0.3) is 0 Å². The molecule has 0 fully saturated rings. The zero-order valence-electron chi connectivity index (χ0n) is 12.4. The number of para-hydroxylation sites is 1. The molecule has 6 nitrogen and oxygen atoms in total. The van der Waals surface area contributed by atoms with Gasteiger partial charge in [0.2, 0.25) is 5.76 Å². The average Bonchev–Trinajstić information content (AvgIpc) is 3.07. The summed E-state index contributed by atoms with van der Waals surface area (Å²) in [5.41, 5.74) is 2.59. The molecule has 1 aromatic heterocycles. The van der Waals surface area contributed by atoms with Gasteiger partial charge < -0.3 is 14.2 Å². The van der Waals surface area contributed by atoms with E-state index in [0.717, 1.165) is 17.7 Å². The second kappa shape index (κ2) is 5.63. The van der Waals surface area contributed by atoms with Gasteiger partial charge in [0.25, 0.3) is 5.91 Å². The Morgan fingerprint density at radius 1 is 1.41 bits per heavy atom. The molecule has 0 aliphatic carbocycles. The number of esters is 1. The molecule has 22 heavy (non-hydrogen) atoms. The lowest BCUT2D eigenvalue weighted by molar-refractivity contribution is -0.122. The van der Waals surface area contributed by atoms with E-state index in [9.17, 15) is 9.59 Å². The number of nitrogens with zero attached hydrogens (tertiary/aromatic N) is 2. The molecule has 1 aliphatic rings. The molecule has 1 aliphatic heterocycles. The van der Waals surface area contributed by atoms with Gasteiger partial charge >= 0.3 is 5.97 Å². The van der Waals surface area contributed by atoms with Gasteiger partial charge in [0, 0.05) is 17.8 Å². The summed E-state index contributed by atoms with van der Waals surface area (Å²) in [4.78, 5) is 25.8. The predicted molar refractivity (Wildman–Crippen MR) is 78.6 cm³/mol. The van der Waals surface area contributed by atoms with Crippen LogP contribution in [0.2, 0.25) is 0 Å². The number of carbonyl (C=O) groups excluding carboxylic acids is 2. The van der Waals surface area contributed by atoms with Crippen molar-refractivity contribution < 1.29 is 18.8 Å². The van der Waals surface area contributed by atoms with E-state index < -0.39 is 5.97 Å². The molecule has 2 aromatic rings. The van der Waals surface area contributed by atoms with Crippen LogP contribution in [0.4, 0.5) is 5.69 Å². The van der Waals surface area contributed by atoms with Gasteiger partial charge in [-0.05, 0) is 31.9 Å². The van der Waals surface area contributed by atoms with Crippen LogP contribution in [-0.2, 0) is 16.0 Å². The number of ether oxygens (including phenoxy) is 1. The van der Waals surface area contributed by atoms with Gasteiger partial charge in [0.15, 0.2) is 6.61 Å². The molecule has 3 rings (SSSR count). The minimum atomic E-state index is -0.686. The first-order valence-electron chi connectivity index (χ1n) is 7.06. The molecule has 1 aromatic carbocycles. The van der Waals surface area contributed by atoms with Crippen LogP contribution in [0.3, 0.4) is 0 Å². The van der Waals surface area contributed by atoms with E-state index in [1.165, 1.54) is 6.07 Å². The van der Waals surface area contributed by atoms with Gasteiger partial charge in [-0.3, -0.25) is 4.79 Å². The van der Waals surface area contributed by atoms with E-state index in [2.05, 4.69) is 5.16 Å². The molecule has 0 saturated carbocycles. The maximum atomic E-state index is 12.4. The number of aryl methyl sites for hydroxylation is 1. The van der Waals surface area contributed by atoms with Crippen LogP contribution in [0, 0.1) is 6.92 Å². The Bertz CT molecular complexity index is 722. The smallest absolute Gasteiger partial charge is 0.377 e. The number of fused-ring (bicyclic) bond motifs is 1. The Kier molecular flexibility index (Phi) is 3.66. The quantitative estimate of drug-likeness (QED) is 0.812. The Morgan fingerprint density at radius 3 is 2.91 bits per heavy atom. The number of anilines is 1. The minimum Gasteiger partial charge on any atom is -0.450 e. The van der Waals surface area contributed by atoms with E-state index in [4.69, 9.17) is 9.26 Å². The number of benzene rings is 1. The third-order valence-electron chi connectivity index (χ3n) is 3.63. The van der Waals surface area contributed by atoms with E-state index >= 15 is 0 Å². The van der Waals surface area contributed by atoms with Gasteiger partial charge in [-0.1, -0.05) is 23.4 Å². The average molecular weight is 300 g/mol. The second-order valence-electron chi connectivity index (χ2n) is 5.35. The molecular weight excluding hydrogens is 284 g/mol. The number of hydrogen-bond acceptors (Lipinski definition) is 5. The third kappa shape index (κ3) is 2.59. The molecule has 0 bridgehead atoms. The summed E-state index contributed by atoms with van der Waals surface area (Å²) in [6, 6.07) is 9.27. The highest BCUT2D eigenvalue weighted by Gasteiger charge is 2.31. The Hall–Kier alpha value is -2.63. The number of aromatic nitrogens is 1. The zero-order valence-corrected chi connectivity index (χ0v) is 12.4. The van der Waals surface area contributed by atoms with Crippen molar-refractivity contribution in [2.75, 3.05) is 11.5 Å². The Morgan fingerprint density at radius 2 is 2.18 bits per heavy atom. The van der Waals surface area contributed by atoms with Crippen LogP contribution < -0.4 is 4.90 Å².